The number of aromatic nitrogens is 4. The number of carbonyl (C=O) groups excluding carboxylic acids is 2. The Balaban J connectivity index is 1.40. The van der Waals surface area contributed by atoms with E-state index >= 15 is 0 Å². The van der Waals surface area contributed by atoms with Crippen LogP contribution in [-0.2, 0) is 4.79 Å². The number of aryl methyl sites for hydroxylation is 1. The molecule has 1 fully saturated rings. The summed E-state index contributed by atoms with van der Waals surface area (Å²) in [5.74, 6) is -0.364. The summed E-state index contributed by atoms with van der Waals surface area (Å²) in [6.45, 7) is 2.97. The van der Waals surface area contributed by atoms with E-state index in [0.29, 0.717) is 18.8 Å². The summed E-state index contributed by atoms with van der Waals surface area (Å²) in [4.78, 5) is 27.1. The van der Waals surface area contributed by atoms with E-state index in [1.165, 1.54) is 6.33 Å². The molecule has 1 aliphatic heterocycles. The molecule has 154 valence electrons. The molecular formula is C21H23N7O2. The number of hydrogen-bond donors (Lipinski definition) is 2. The minimum absolute atomic E-state index is 0.0984. The number of nitrogens with one attached hydrogen (secondary N) is 2. The van der Waals surface area contributed by atoms with Gasteiger partial charge in [0.2, 0.25) is 5.91 Å². The first-order chi connectivity index (χ1) is 14.6. The number of rotatable bonds is 4. The van der Waals surface area contributed by atoms with Gasteiger partial charge < -0.3 is 15.5 Å². The number of carbonyl (C=O) groups is 2. The molecule has 9 nitrogen and oxygen atoms in total. The van der Waals surface area contributed by atoms with Gasteiger partial charge in [0, 0.05) is 24.5 Å². The lowest BCUT2D eigenvalue weighted by Crippen LogP contribution is -2.45. The van der Waals surface area contributed by atoms with Crippen molar-refractivity contribution in [2.24, 2.45) is 5.92 Å². The number of amides is 3. The highest BCUT2D eigenvalue weighted by molar-refractivity contribution is 5.94. The van der Waals surface area contributed by atoms with Crippen molar-refractivity contribution >= 4 is 23.3 Å². The summed E-state index contributed by atoms with van der Waals surface area (Å²) in [6, 6.07) is 14.7. The molecular weight excluding hydrogens is 382 g/mol. The average Bonchev–Trinajstić information content (AvgIpc) is 3.30. The zero-order valence-corrected chi connectivity index (χ0v) is 16.7. The molecule has 2 N–H and O–H groups in total. The Morgan fingerprint density at radius 3 is 2.67 bits per heavy atom. The van der Waals surface area contributed by atoms with Gasteiger partial charge in [0.25, 0.3) is 0 Å². The van der Waals surface area contributed by atoms with E-state index < -0.39 is 0 Å². The van der Waals surface area contributed by atoms with Gasteiger partial charge in [0.1, 0.15) is 6.33 Å². The fourth-order valence-electron chi connectivity index (χ4n) is 3.55. The zero-order chi connectivity index (χ0) is 20.9. The third kappa shape index (κ3) is 4.45. The molecule has 0 spiro atoms. The summed E-state index contributed by atoms with van der Waals surface area (Å²) >= 11 is 0. The van der Waals surface area contributed by atoms with Crippen LogP contribution in [0.15, 0.2) is 54.9 Å². The number of piperidine rings is 1. The molecule has 1 aromatic heterocycles. The minimum atomic E-state index is -0.266. The average molecular weight is 405 g/mol. The topological polar surface area (TPSA) is 105 Å². The van der Waals surface area contributed by atoms with Crippen LogP contribution in [0, 0.1) is 12.8 Å². The van der Waals surface area contributed by atoms with Crippen molar-refractivity contribution in [2.75, 3.05) is 23.7 Å². The Labute approximate surface area is 174 Å². The molecule has 4 rings (SSSR count). The first kappa shape index (κ1) is 19.6. The molecule has 2 aromatic carbocycles. The Morgan fingerprint density at radius 1 is 1.07 bits per heavy atom. The van der Waals surface area contributed by atoms with Crippen molar-refractivity contribution in [1.82, 2.24) is 25.1 Å². The number of benzene rings is 2. The van der Waals surface area contributed by atoms with Gasteiger partial charge in [-0.2, -0.15) is 0 Å². The highest BCUT2D eigenvalue weighted by Crippen LogP contribution is 2.22. The van der Waals surface area contributed by atoms with Gasteiger partial charge in [-0.05, 0) is 60.0 Å². The predicted molar refractivity (Wildman–Crippen MR) is 112 cm³/mol. The first-order valence-corrected chi connectivity index (χ1v) is 9.86. The normalized spacial score (nSPS) is 16.2. The lowest BCUT2D eigenvalue weighted by atomic mass is 9.97. The number of urea groups is 1. The van der Waals surface area contributed by atoms with E-state index in [4.69, 9.17) is 0 Å². The van der Waals surface area contributed by atoms with Crippen LogP contribution in [0.25, 0.3) is 5.69 Å². The molecule has 1 aliphatic rings. The Hall–Kier alpha value is -3.75. The standard InChI is InChI=1S/C21H23N7O2/c1-15-9-10-18(12-19(15)28-14-22-25-26-28)23-20(29)16-6-5-11-27(13-16)21(30)24-17-7-3-2-4-8-17/h2-4,7-10,12,14,16H,5-6,11,13H2,1H3,(H,23,29)(H,24,30). The monoisotopic (exact) mass is 405 g/mol. The number of hydrogen-bond acceptors (Lipinski definition) is 5. The second-order valence-corrected chi connectivity index (χ2v) is 7.33. The molecule has 1 atom stereocenters. The summed E-state index contributed by atoms with van der Waals surface area (Å²) in [5, 5.41) is 17.1. The number of para-hydroxylation sites is 1. The van der Waals surface area contributed by atoms with Gasteiger partial charge in [0.15, 0.2) is 0 Å². The van der Waals surface area contributed by atoms with Gasteiger partial charge in [0.05, 0.1) is 11.6 Å². The highest BCUT2D eigenvalue weighted by Gasteiger charge is 2.28. The Morgan fingerprint density at radius 2 is 1.90 bits per heavy atom. The van der Waals surface area contributed by atoms with Crippen molar-refractivity contribution in [3.05, 3.63) is 60.4 Å². The van der Waals surface area contributed by atoms with Crippen LogP contribution in [0.1, 0.15) is 18.4 Å². The minimum Gasteiger partial charge on any atom is -0.326 e. The summed E-state index contributed by atoms with van der Waals surface area (Å²) < 4.78 is 1.56. The van der Waals surface area contributed by atoms with Gasteiger partial charge in [-0.3, -0.25) is 4.79 Å². The van der Waals surface area contributed by atoms with E-state index in [0.717, 1.165) is 29.8 Å². The molecule has 0 aliphatic carbocycles. The number of tetrazole rings is 1. The second kappa shape index (κ2) is 8.73. The van der Waals surface area contributed by atoms with Crippen LogP contribution in [0.2, 0.25) is 0 Å². The van der Waals surface area contributed by atoms with Crippen LogP contribution < -0.4 is 10.6 Å². The van der Waals surface area contributed by atoms with E-state index in [-0.39, 0.29) is 17.9 Å². The van der Waals surface area contributed by atoms with Crippen molar-refractivity contribution < 1.29 is 9.59 Å². The maximum Gasteiger partial charge on any atom is 0.321 e. The molecule has 3 amide bonds. The third-order valence-electron chi connectivity index (χ3n) is 5.18. The predicted octanol–water partition coefficient (Wildman–Crippen LogP) is 2.85. The maximum atomic E-state index is 12.9. The second-order valence-electron chi connectivity index (χ2n) is 7.33. The highest BCUT2D eigenvalue weighted by atomic mass is 16.2. The van der Waals surface area contributed by atoms with Gasteiger partial charge in [-0.15, -0.1) is 5.10 Å². The molecule has 1 unspecified atom stereocenters. The van der Waals surface area contributed by atoms with Gasteiger partial charge in [-0.25, -0.2) is 9.48 Å². The van der Waals surface area contributed by atoms with Crippen LogP contribution in [-0.4, -0.2) is 50.1 Å². The summed E-state index contributed by atoms with van der Waals surface area (Å²) in [6.07, 6.45) is 3.04. The van der Waals surface area contributed by atoms with Crippen molar-refractivity contribution in [3.8, 4) is 5.69 Å². The SMILES string of the molecule is Cc1ccc(NC(=O)C2CCCN(C(=O)Nc3ccccc3)C2)cc1-n1cnnn1. The van der Waals surface area contributed by atoms with Gasteiger partial charge >= 0.3 is 6.03 Å². The Bertz CT molecular complexity index is 1020. The van der Waals surface area contributed by atoms with E-state index in [1.54, 1.807) is 9.58 Å². The molecule has 1 saturated heterocycles. The van der Waals surface area contributed by atoms with Crippen LogP contribution in [0.3, 0.4) is 0 Å². The van der Waals surface area contributed by atoms with E-state index in [2.05, 4.69) is 26.2 Å². The number of likely N-dealkylation sites (tertiary alicyclic amines) is 1. The van der Waals surface area contributed by atoms with Crippen LogP contribution in [0.5, 0.6) is 0 Å². The lowest BCUT2D eigenvalue weighted by molar-refractivity contribution is -0.121. The molecule has 0 saturated carbocycles. The molecule has 0 radical (unpaired) electrons. The molecule has 3 aromatic rings. The number of anilines is 2. The van der Waals surface area contributed by atoms with E-state index in [9.17, 15) is 9.59 Å². The Kier molecular flexibility index (Phi) is 5.69. The fraction of sp³-hybridized carbons (Fsp3) is 0.286. The third-order valence-corrected chi connectivity index (χ3v) is 5.18. The fourth-order valence-corrected chi connectivity index (χ4v) is 3.55. The zero-order valence-electron chi connectivity index (χ0n) is 16.7. The van der Waals surface area contributed by atoms with Gasteiger partial charge in [-0.1, -0.05) is 24.3 Å². The maximum absolute atomic E-state index is 12.9. The lowest BCUT2D eigenvalue weighted by Gasteiger charge is -2.32. The van der Waals surface area contributed by atoms with E-state index in [1.807, 2.05) is 55.5 Å². The van der Waals surface area contributed by atoms with Crippen molar-refractivity contribution in [2.45, 2.75) is 19.8 Å². The summed E-state index contributed by atoms with van der Waals surface area (Å²) in [7, 11) is 0. The molecule has 30 heavy (non-hydrogen) atoms. The van der Waals surface area contributed by atoms with Crippen LogP contribution >= 0.6 is 0 Å². The summed E-state index contributed by atoms with van der Waals surface area (Å²) in [5.41, 5.74) is 3.19. The first-order valence-electron chi connectivity index (χ1n) is 9.86. The number of nitrogens with zero attached hydrogens (tertiary/aromatic N) is 5. The molecule has 9 heteroatoms. The van der Waals surface area contributed by atoms with Crippen molar-refractivity contribution in [3.63, 3.8) is 0 Å². The quantitative estimate of drug-likeness (QED) is 0.694. The van der Waals surface area contributed by atoms with Crippen molar-refractivity contribution in [1.29, 1.82) is 0 Å². The largest absolute Gasteiger partial charge is 0.326 e. The van der Waals surface area contributed by atoms with Crippen LogP contribution in [0.4, 0.5) is 16.2 Å². The smallest absolute Gasteiger partial charge is 0.321 e. The molecule has 2 heterocycles. The molecule has 0 bridgehead atoms.